The predicted octanol–water partition coefficient (Wildman–Crippen LogP) is 3.30. The van der Waals surface area contributed by atoms with Crippen LogP contribution in [-0.2, 0) is 4.74 Å². The van der Waals surface area contributed by atoms with E-state index in [0.29, 0.717) is 5.92 Å². The quantitative estimate of drug-likeness (QED) is 0.886. The van der Waals surface area contributed by atoms with Crippen molar-refractivity contribution in [2.45, 2.75) is 25.0 Å². The fraction of sp³-hybridized carbons (Fsp3) is 0.381. The Kier molecular flexibility index (Phi) is 4.80. The summed E-state index contributed by atoms with van der Waals surface area (Å²) < 4.78 is 5.77. The number of amides is 1. The Hall–Kier alpha value is -2.53. The summed E-state index contributed by atoms with van der Waals surface area (Å²) in [4.78, 5) is 15.0. The van der Waals surface area contributed by atoms with Crippen molar-refractivity contribution in [1.82, 2.24) is 10.2 Å². The van der Waals surface area contributed by atoms with Gasteiger partial charge in [0.25, 0.3) is 0 Å². The summed E-state index contributed by atoms with van der Waals surface area (Å²) in [5.74, 6) is 0.651. The highest BCUT2D eigenvalue weighted by Gasteiger charge is 2.36. The summed E-state index contributed by atoms with van der Waals surface area (Å²) in [6.45, 7) is 3.06. The lowest BCUT2D eigenvalue weighted by Gasteiger charge is -2.43. The van der Waals surface area contributed by atoms with Crippen molar-refractivity contribution in [3.8, 4) is 5.75 Å². The molecule has 2 bridgehead atoms. The molecule has 136 valence electrons. The normalized spacial score (nSPS) is 25.5. The summed E-state index contributed by atoms with van der Waals surface area (Å²) in [6.07, 6.45) is 1.78. The molecule has 3 saturated heterocycles. The molecular weight excluding hydrogens is 328 g/mol. The molecule has 0 radical (unpaired) electrons. The second kappa shape index (κ2) is 7.38. The number of rotatable bonds is 4. The standard InChI is InChI=1S/C21H24N2O3/c24-18-8-4-7-17(13-18)20(16-5-2-1-3-6-16)22-21(25)26-19-14-23-11-9-15(19)10-12-23/h1-8,13,15,19-20,24H,9-12,14H2,(H,22,25)/t19-,20-/m0/s1. The van der Waals surface area contributed by atoms with Gasteiger partial charge in [-0.2, -0.15) is 0 Å². The molecule has 5 heteroatoms. The molecule has 3 aliphatic rings. The van der Waals surface area contributed by atoms with E-state index in [1.165, 1.54) is 0 Å². The maximum Gasteiger partial charge on any atom is 0.408 e. The van der Waals surface area contributed by atoms with E-state index < -0.39 is 6.09 Å². The number of nitrogens with one attached hydrogen (secondary N) is 1. The number of hydrogen-bond donors (Lipinski definition) is 2. The van der Waals surface area contributed by atoms with Crippen LogP contribution in [0, 0.1) is 5.92 Å². The van der Waals surface area contributed by atoms with Crippen LogP contribution in [-0.4, -0.2) is 41.8 Å². The Morgan fingerprint density at radius 3 is 2.46 bits per heavy atom. The summed E-state index contributed by atoms with van der Waals surface area (Å²) >= 11 is 0. The van der Waals surface area contributed by atoms with E-state index in [2.05, 4.69) is 10.2 Å². The predicted molar refractivity (Wildman–Crippen MR) is 99.0 cm³/mol. The lowest BCUT2D eigenvalue weighted by molar-refractivity contribution is -0.0336. The molecule has 0 spiro atoms. The van der Waals surface area contributed by atoms with Gasteiger partial charge in [-0.25, -0.2) is 4.79 Å². The third-order valence-electron chi connectivity index (χ3n) is 5.45. The van der Waals surface area contributed by atoms with Crippen LogP contribution >= 0.6 is 0 Å². The molecule has 3 fully saturated rings. The average Bonchev–Trinajstić information content (AvgIpc) is 2.68. The Labute approximate surface area is 153 Å². The van der Waals surface area contributed by atoms with Crippen molar-refractivity contribution in [3.63, 3.8) is 0 Å². The first-order valence-corrected chi connectivity index (χ1v) is 9.22. The smallest absolute Gasteiger partial charge is 0.408 e. The molecule has 2 atom stereocenters. The van der Waals surface area contributed by atoms with E-state index in [4.69, 9.17) is 4.74 Å². The van der Waals surface area contributed by atoms with Gasteiger partial charge in [-0.05, 0) is 55.1 Å². The van der Waals surface area contributed by atoms with Gasteiger partial charge >= 0.3 is 6.09 Å². The van der Waals surface area contributed by atoms with Gasteiger partial charge < -0.3 is 15.2 Å². The number of hydrogen-bond acceptors (Lipinski definition) is 4. The van der Waals surface area contributed by atoms with Gasteiger partial charge in [0.05, 0.1) is 6.04 Å². The van der Waals surface area contributed by atoms with Crippen LogP contribution in [0.1, 0.15) is 30.0 Å². The molecule has 5 nitrogen and oxygen atoms in total. The Morgan fingerprint density at radius 1 is 1.08 bits per heavy atom. The molecule has 0 aliphatic carbocycles. The van der Waals surface area contributed by atoms with Crippen molar-refractivity contribution in [3.05, 3.63) is 65.7 Å². The minimum Gasteiger partial charge on any atom is -0.508 e. The number of phenolic OH excluding ortho intramolecular Hbond substituents is 1. The van der Waals surface area contributed by atoms with Gasteiger partial charge in [0.1, 0.15) is 11.9 Å². The largest absolute Gasteiger partial charge is 0.508 e. The minimum absolute atomic E-state index is 0.0295. The van der Waals surface area contributed by atoms with E-state index in [0.717, 1.165) is 43.6 Å². The third-order valence-corrected chi connectivity index (χ3v) is 5.45. The number of aromatic hydroxyl groups is 1. The third kappa shape index (κ3) is 3.68. The van der Waals surface area contributed by atoms with E-state index in [1.807, 2.05) is 36.4 Å². The van der Waals surface area contributed by atoms with Gasteiger partial charge in [-0.15, -0.1) is 0 Å². The SMILES string of the molecule is O=C(N[C@@H](c1ccccc1)c1cccc(O)c1)O[C@H]1CN2CCC1CC2. The maximum absolute atomic E-state index is 12.6. The Morgan fingerprint density at radius 2 is 1.81 bits per heavy atom. The second-order valence-electron chi connectivity index (χ2n) is 7.16. The molecule has 0 aromatic heterocycles. The lowest BCUT2D eigenvalue weighted by atomic mass is 9.86. The van der Waals surface area contributed by atoms with Gasteiger partial charge in [0, 0.05) is 6.54 Å². The molecular formula is C21H24N2O3. The minimum atomic E-state index is -0.402. The van der Waals surface area contributed by atoms with Crippen LogP contribution in [0.15, 0.2) is 54.6 Å². The molecule has 1 amide bonds. The molecule has 0 saturated carbocycles. The molecule has 3 aliphatic heterocycles. The number of piperidine rings is 3. The molecule has 2 aromatic rings. The molecule has 5 rings (SSSR count). The van der Waals surface area contributed by atoms with Crippen LogP contribution < -0.4 is 5.32 Å². The topological polar surface area (TPSA) is 61.8 Å². The Bertz CT molecular complexity index is 757. The number of carbonyl (C=O) groups is 1. The first-order valence-electron chi connectivity index (χ1n) is 9.22. The second-order valence-corrected chi connectivity index (χ2v) is 7.16. The summed E-state index contributed by atoms with van der Waals surface area (Å²) in [7, 11) is 0. The number of carbonyl (C=O) groups excluding carboxylic acids is 1. The monoisotopic (exact) mass is 352 g/mol. The van der Waals surface area contributed by atoms with Crippen molar-refractivity contribution in [2.24, 2.45) is 5.92 Å². The fourth-order valence-corrected chi connectivity index (χ4v) is 4.04. The highest BCUT2D eigenvalue weighted by Crippen LogP contribution is 2.30. The number of phenols is 1. The lowest BCUT2D eigenvalue weighted by Crippen LogP contribution is -2.52. The van der Waals surface area contributed by atoms with Crippen molar-refractivity contribution >= 4 is 6.09 Å². The van der Waals surface area contributed by atoms with Crippen molar-refractivity contribution in [2.75, 3.05) is 19.6 Å². The number of benzene rings is 2. The van der Waals surface area contributed by atoms with Crippen LogP contribution in [0.5, 0.6) is 5.75 Å². The average molecular weight is 352 g/mol. The van der Waals surface area contributed by atoms with Crippen LogP contribution in [0.4, 0.5) is 4.79 Å². The van der Waals surface area contributed by atoms with E-state index in [1.54, 1.807) is 18.2 Å². The molecule has 26 heavy (non-hydrogen) atoms. The number of ether oxygens (including phenoxy) is 1. The first kappa shape index (κ1) is 16.9. The van der Waals surface area contributed by atoms with Crippen LogP contribution in [0.25, 0.3) is 0 Å². The number of alkyl carbamates (subject to hydrolysis) is 1. The molecule has 3 heterocycles. The summed E-state index contributed by atoms with van der Waals surface area (Å²) in [5, 5.41) is 12.8. The zero-order valence-electron chi connectivity index (χ0n) is 14.7. The number of nitrogens with zero attached hydrogens (tertiary/aromatic N) is 1. The Balaban J connectivity index is 1.50. The zero-order valence-corrected chi connectivity index (χ0v) is 14.7. The summed E-state index contributed by atoms with van der Waals surface area (Å²) in [5.41, 5.74) is 1.77. The molecule has 2 aromatic carbocycles. The van der Waals surface area contributed by atoms with Crippen LogP contribution in [0.2, 0.25) is 0 Å². The maximum atomic E-state index is 12.6. The van der Waals surface area contributed by atoms with Crippen molar-refractivity contribution in [1.29, 1.82) is 0 Å². The first-order chi connectivity index (χ1) is 12.7. The molecule has 0 unspecified atom stereocenters. The number of fused-ring (bicyclic) bond motifs is 3. The highest BCUT2D eigenvalue weighted by molar-refractivity contribution is 5.69. The van der Waals surface area contributed by atoms with Gasteiger partial charge in [0.2, 0.25) is 0 Å². The summed E-state index contributed by atoms with van der Waals surface area (Å²) in [6, 6.07) is 16.3. The van der Waals surface area contributed by atoms with Gasteiger partial charge in [0.15, 0.2) is 0 Å². The zero-order chi connectivity index (χ0) is 17.9. The van der Waals surface area contributed by atoms with Crippen molar-refractivity contribution < 1.29 is 14.6 Å². The van der Waals surface area contributed by atoms with E-state index >= 15 is 0 Å². The fourth-order valence-electron chi connectivity index (χ4n) is 4.04. The van der Waals surface area contributed by atoms with Gasteiger partial charge in [-0.1, -0.05) is 42.5 Å². The highest BCUT2D eigenvalue weighted by atomic mass is 16.6. The van der Waals surface area contributed by atoms with Crippen LogP contribution in [0.3, 0.4) is 0 Å². The molecule has 2 N–H and O–H groups in total. The van der Waals surface area contributed by atoms with Gasteiger partial charge in [-0.3, -0.25) is 4.90 Å². The van der Waals surface area contributed by atoms with E-state index in [-0.39, 0.29) is 17.9 Å². The van der Waals surface area contributed by atoms with E-state index in [9.17, 15) is 9.90 Å².